The van der Waals surface area contributed by atoms with Gasteiger partial charge in [-0.25, -0.2) is 4.68 Å². The van der Waals surface area contributed by atoms with Gasteiger partial charge in [0.1, 0.15) is 17.4 Å². The van der Waals surface area contributed by atoms with Gasteiger partial charge in [0.15, 0.2) is 5.82 Å². The van der Waals surface area contributed by atoms with Gasteiger partial charge in [0.05, 0.1) is 22.5 Å². The summed E-state index contributed by atoms with van der Waals surface area (Å²) >= 11 is 0. The van der Waals surface area contributed by atoms with Crippen molar-refractivity contribution in [2.24, 2.45) is 5.73 Å². The number of carbonyl (C=O) groups is 1. The SMILES string of the molecule is CNCCC(Oc1cccc(-n2nc3c(N(C)C)nnc(C)c3c2C)c1)c1cccc(C(N)=O)c1. The van der Waals surface area contributed by atoms with Crippen molar-refractivity contribution in [2.75, 3.05) is 32.6 Å². The van der Waals surface area contributed by atoms with Crippen LogP contribution in [-0.4, -0.2) is 53.6 Å². The Bertz CT molecular complexity index is 1360. The van der Waals surface area contributed by atoms with E-state index in [0.29, 0.717) is 11.3 Å². The summed E-state index contributed by atoms with van der Waals surface area (Å²) in [6, 6.07) is 15.1. The first kappa shape index (κ1) is 24.2. The number of rotatable bonds is 9. The third-order valence-electron chi connectivity index (χ3n) is 5.95. The Hall–Kier alpha value is -3.98. The fourth-order valence-corrected chi connectivity index (χ4v) is 4.18. The van der Waals surface area contributed by atoms with Crippen molar-refractivity contribution in [1.29, 1.82) is 0 Å². The van der Waals surface area contributed by atoms with Crippen LogP contribution in [0.15, 0.2) is 48.5 Å². The van der Waals surface area contributed by atoms with E-state index in [1.807, 2.05) is 81.0 Å². The van der Waals surface area contributed by atoms with E-state index in [4.69, 9.17) is 15.6 Å². The van der Waals surface area contributed by atoms with E-state index >= 15 is 0 Å². The molecule has 0 radical (unpaired) electrons. The zero-order chi connectivity index (χ0) is 25.1. The van der Waals surface area contributed by atoms with Crippen molar-refractivity contribution in [1.82, 2.24) is 25.3 Å². The third-order valence-corrected chi connectivity index (χ3v) is 5.95. The van der Waals surface area contributed by atoms with Crippen LogP contribution in [0, 0.1) is 13.8 Å². The first-order chi connectivity index (χ1) is 16.8. The number of nitrogens with zero attached hydrogens (tertiary/aromatic N) is 5. The molecular formula is C26H31N7O2. The van der Waals surface area contributed by atoms with Gasteiger partial charge < -0.3 is 20.7 Å². The van der Waals surface area contributed by atoms with Crippen molar-refractivity contribution < 1.29 is 9.53 Å². The van der Waals surface area contributed by atoms with Gasteiger partial charge in [-0.3, -0.25) is 4.79 Å². The fourth-order valence-electron chi connectivity index (χ4n) is 4.18. The Morgan fingerprint density at radius 2 is 1.91 bits per heavy atom. The lowest BCUT2D eigenvalue weighted by atomic mass is 10.0. The lowest BCUT2D eigenvalue weighted by Gasteiger charge is -2.20. The summed E-state index contributed by atoms with van der Waals surface area (Å²) in [5, 5.41) is 17.7. The van der Waals surface area contributed by atoms with Crippen LogP contribution in [0.3, 0.4) is 0 Å². The number of primary amides is 1. The van der Waals surface area contributed by atoms with Gasteiger partial charge in [-0.2, -0.15) is 10.2 Å². The lowest BCUT2D eigenvalue weighted by Crippen LogP contribution is -2.17. The van der Waals surface area contributed by atoms with Crippen LogP contribution in [-0.2, 0) is 0 Å². The molecule has 35 heavy (non-hydrogen) atoms. The minimum absolute atomic E-state index is 0.259. The van der Waals surface area contributed by atoms with Gasteiger partial charge in [-0.1, -0.05) is 18.2 Å². The second-order valence-electron chi connectivity index (χ2n) is 8.71. The van der Waals surface area contributed by atoms with Crippen molar-refractivity contribution in [3.8, 4) is 11.4 Å². The number of anilines is 1. The summed E-state index contributed by atoms with van der Waals surface area (Å²) in [6.07, 6.45) is 0.460. The highest BCUT2D eigenvalue weighted by Crippen LogP contribution is 2.31. The third kappa shape index (κ3) is 4.95. The molecule has 0 bridgehead atoms. The van der Waals surface area contributed by atoms with E-state index in [2.05, 4.69) is 15.5 Å². The second kappa shape index (κ2) is 10.1. The predicted molar refractivity (Wildman–Crippen MR) is 137 cm³/mol. The minimum Gasteiger partial charge on any atom is -0.486 e. The fraction of sp³-hybridized carbons (Fsp3) is 0.308. The van der Waals surface area contributed by atoms with Crippen molar-refractivity contribution in [3.63, 3.8) is 0 Å². The number of benzene rings is 2. The molecule has 0 aliphatic heterocycles. The van der Waals surface area contributed by atoms with Crippen LogP contribution < -0.4 is 20.7 Å². The quantitative estimate of drug-likeness (QED) is 0.384. The molecule has 0 spiro atoms. The number of carbonyl (C=O) groups excluding carboxylic acids is 1. The maximum absolute atomic E-state index is 11.7. The first-order valence-corrected chi connectivity index (χ1v) is 11.5. The molecule has 0 aliphatic rings. The van der Waals surface area contributed by atoms with Gasteiger partial charge in [0, 0.05) is 32.1 Å². The molecule has 1 atom stereocenters. The Balaban J connectivity index is 1.71. The minimum atomic E-state index is -0.459. The molecule has 4 aromatic rings. The van der Waals surface area contributed by atoms with Crippen LogP contribution in [0.5, 0.6) is 5.75 Å². The van der Waals surface area contributed by atoms with Gasteiger partial charge in [-0.15, -0.1) is 5.10 Å². The van der Waals surface area contributed by atoms with E-state index in [1.165, 1.54) is 0 Å². The molecule has 1 amide bonds. The van der Waals surface area contributed by atoms with Crippen molar-refractivity contribution in [3.05, 3.63) is 71.0 Å². The number of aromatic nitrogens is 4. The van der Waals surface area contributed by atoms with E-state index in [1.54, 1.807) is 12.1 Å². The monoisotopic (exact) mass is 473 g/mol. The summed E-state index contributed by atoms with van der Waals surface area (Å²) in [7, 11) is 5.76. The molecule has 3 N–H and O–H groups in total. The molecule has 0 aliphatic carbocycles. The van der Waals surface area contributed by atoms with E-state index in [-0.39, 0.29) is 6.10 Å². The second-order valence-corrected chi connectivity index (χ2v) is 8.71. The van der Waals surface area contributed by atoms with E-state index in [9.17, 15) is 4.79 Å². The molecule has 182 valence electrons. The highest BCUT2D eigenvalue weighted by Gasteiger charge is 2.19. The maximum atomic E-state index is 11.7. The standard InChI is InChI=1S/C26H31N7O2/c1-16-23-17(2)33(31-24(23)26(30-29-16)32(4)5)20-10-7-11-21(15-20)35-22(12-13-28-3)18-8-6-9-19(14-18)25(27)34/h6-11,14-15,22,28H,12-13H2,1-5H3,(H2,27,34). The number of nitrogens with two attached hydrogens (primary N) is 1. The van der Waals surface area contributed by atoms with E-state index in [0.717, 1.165) is 52.3 Å². The van der Waals surface area contributed by atoms with Crippen molar-refractivity contribution >= 4 is 22.6 Å². The number of nitrogens with one attached hydrogen (secondary N) is 1. The van der Waals surface area contributed by atoms with Crippen molar-refractivity contribution in [2.45, 2.75) is 26.4 Å². The zero-order valence-electron chi connectivity index (χ0n) is 20.7. The summed E-state index contributed by atoms with van der Waals surface area (Å²) in [5.41, 5.74) is 10.3. The van der Waals surface area contributed by atoms with Crippen LogP contribution in [0.25, 0.3) is 16.6 Å². The molecule has 1 unspecified atom stereocenters. The van der Waals surface area contributed by atoms with Gasteiger partial charge in [0.2, 0.25) is 5.91 Å². The average Bonchev–Trinajstić information content (AvgIpc) is 3.20. The Morgan fingerprint density at radius 1 is 1.14 bits per heavy atom. The van der Waals surface area contributed by atoms with Gasteiger partial charge in [-0.05, 0) is 57.3 Å². The normalized spacial score (nSPS) is 12.0. The van der Waals surface area contributed by atoms with E-state index < -0.39 is 5.91 Å². The zero-order valence-corrected chi connectivity index (χ0v) is 20.7. The Morgan fingerprint density at radius 3 is 2.63 bits per heavy atom. The molecule has 2 heterocycles. The molecule has 9 nitrogen and oxygen atoms in total. The maximum Gasteiger partial charge on any atom is 0.248 e. The average molecular weight is 474 g/mol. The number of amides is 1. The summed E-state index contributed by atoms with van der Waals surface area (Å²) in [5.74, 6) is 0.966. The molecule has 0 fully saturated rings. The largest absolute Gasteiger partial charge is 0.486 e. The Labute approximate surface area is 204 Å². The predicted octanol–water partition coefficient (Wildman–Crippen LogP) is 3.33. The summed E-state index contributed by atoms with van der Waals surface area (Å²) in [6.45, 7) is 4.73. The lowest BCUT2D eigenvalue weighted by molar-refractivity contribution is 0.1000. The molecule has 9 heteroatoms. The topological polar surface area (TPSA) is 111 Å². The van der Waals surface area contributed by atoms with Gasteiger partial charge >= 0.3 is 0 Å². The molecule has 2 aromatic carbocycles. The first-order valence-electron chi connectivity index (χ1n) is 11.5. The number of fused-ring (bicyclic) bond motifs is 1. The van der Waals surface area contributed by atoms with Crippen LogP contribution in [0.2, 0.25) is 0 Å². The number of hydrogen-bond donors (Lipinski definition) is 2. The molecule has 0 saturated carbocycles. The Kier molecular flexibility index (Phi) is 6.97. The van der Waals surface area contributed by atoms with Crippen LogP contribution in [0.4, 0.5) is 5.82 Å². The van der Waals surface area contributed by atoms with Crippen LogP contribution >= 0.6 is 0 Å². The highest BCUT2D eigenvalue weighted by molar-refractivity contribution is 5.93. The van der Waals surface area contributed by atoms with Gasteiger partial charge in [0.25, 0.3) is 0 Å². The molecule has 2 aromatic heterocycles. The molecule has 0 saturated heterocycles. The number of aryl methyl sites for hydroxylation is 2. The smallest absolute Gasteiger partial charge is 0.248 e. The van der Waals surface area contributed by atoms with Crippen LogP contribution in [0.1, 0.15) is 39.8 Å². The summed E-state index contributed by atoms with van der Waals surface area (Å²) < 4.78 is 8.33. The molecule has 4 rings (SSSR count). The number of ether oxygens (including phenoxy) is 1. The molecular weight excluding hydrogens is 442 g/mol. The summed E-state index contributed by atoms with van der Waals surface area (Å²) in [4.78, 5) is 13.6. The number of hydrogen-bond acceptors (Lipinski definition) is 7. The highest BCUT2D eigenvalue weighted by atomic mass is 16.5.